The molecule has 158 valence electrons. The first kappa shape index (κ1) is 22.3. The van der Waals surface area contributed by atoms with Gasteiger partial charge in [0, 0.05) is 3.42 Å². The van der Waals surface area contributed by atoms with Crippen LogP contribution in [0.3, 0.4) is 0 Å². The van der Waals surface area contributed by atoms with Crippen LogP contribution in [0.5, 0.6) is 0 Å². The number of alkyl halides is 1. The lowest BCUT2D eigenvalue weighted by molar-refractivity contribution is -0.143. The number of halogens is 1. The Hall–Kier alpha value is -0.390. The molecule has 6 atom stereocenters. The summed E-state index contributed by atoms with van der Waals surface area (Å²) in [4.78, 5) is 25.0. The Morgan fingerprint density at radius 2 is 2.00 bits per heavy atom. The van der Waals surface area contributed by atoms with Crippen LogP contribution >= 0.6 is 22.6 Å². The van der Waals surface area contributed by atoms with Gasteiger partial charge in [-0.05, 0) is 68.1 Å². The third-order valence-electron chi connectivity index (χ3n) is 7.98. The molecule has 1 N–H and O–H groups in total. The van der Waals surface area contributed by atoms with E-state index >= 15 is 0 Å². The van der Waals surface area contributed by atoms with Gasteiger partial charge in [0.1, 0.15) is 6.29 Å². The molecule has 0 bridgehead atoms. The average molecular weight is 499 g/mol. The molecule has 2 unspecified atom stereocenters. The van der Waals surface area contributed by atoms with Crippen LogP contribution in [0.15, 0.2) is 11.6 Å². The van der Waals surface area contributed by atoms with Crippen LogP contribution in [-0.2, 0) is 9.59 Å². The first-order valence-electron chi connectivity index (χ1n) is 11.2. The molecule has 3 rings (SSSR count). The van der Waals surface area contributed by atoms with Crippen molar-refractivity contribution in [1.29, 1.82) is 0 Å². The Labute approximate surface area is 185 Å². The van der Waals surface area contributed by atoms with Crippen molar-refractivity contribution in [2.45, 2.75) is 95.4 Å². The zero-order chi connectivity index (χ0) is 20.7. The zero-order valence-electron chi connectivity index (χ0n) is 18.3. The Balaban J connectivity index is 1.85. The zero-order valence-corrected chi connectivity index (χ0v) is 20.5. The predicted molar refractivity (Wildman–Crippen MR) is 123 cm³/mol. The van der Waals surface area contributed by atoms with Crippen molar-refractivity contribution >= 4 is 34.8 Å². The minimum absolute atomic E-state index is 0.106. The molecule has 0 radical (unpaired) electrons. The molecule has 3 aliphatic rings. The number of hydrogen-bond acceptors (Lipinski definition) is 2. The maximum atomic E-state index is 13.4. The number of hydrogen-bond donors (Lipinski definition) is 1. The molecule has 0 aromatic rings. The van der Waals surface area contributed by atoms with Crippen LogP contribution in [0.4, 0.5) is 0 Å². The van der Waals surface area contributed by atoms with E-state index in [2.05, 4.69) is 68.6 Å². The minimum atomic E-state index is -0.373. The lowest BCUT2D eigenvalue weighted by atomic mass is 9.46. The van der Waals surface area contributed by atoms with Crippen LogP contribution in [0, 0.1) is 28.6 Å². The molecule has 28 heavy (non-hydrogen) atoms. The van der Waals surface area contributed by atoms with E-state index in [-0.39, 0.29) is 22.8 Å². The Bertz CT molecular complexity index is 655. The van der Waals surface area contributed by atoms with Crippen LogP contribution in [0.2, 0.25) is 0 Å². The highest BCUT2D eigenvalue weighted by Crippen LogP contribution is 2.63. The second-order valence-electron chi connectivity index (χ2n) is 10.8. The maximum absolute atomic E-state index is 13.4. The van der Waals surface area contributed by atoms with E-state index in [1.165, 1.54) is 19.3 Å². The van der Waals surface area contributed by atoms with Crippen LogP contribution in [0.1, 0.15) is 86.0 Å². The molecule has 1 amide bonds. The Kier molecular flexibility index (Phi) is 6.40. The number of carbonyl (C=O) groups is 2. The highest BCUT2D eigenvalue weighted by Gasteiger charge is 2.57. The number of rotatable bonds is 5. The van der Waals surface area contributed by atoms with E-state index in [1.54, 1.807) is 5.57 Å². The molecule has 0 aromatic heterocycles. The Morgan fingerprint density at radius 1 is 1.29 bits per heavy atom. The quantitative estimate of drug-likeness (QED) is 0.223. The van der Waals surface area contributed by atoms with Crippen molar-refractivity contribution in [2.24, 2.45) is 28.6 Å². The number of amides is 1. The molecular weight excluding hydrogens is 461 g/mol. The summed E-state index contributed by atoms with van der Waals surface area (Å²) in [6.45, 7) is 11.2. The minimum Gasteiger partial charge on any atom is -0.346 e. The number of fused-ring (bicyclic) bond motifs is 3. The molecule has 3 aliphatic carbocycles. The summed E-state index contributed by atoms with van der Waals surface area (Å²) in [6.07, 6.45) is 12.2. The third kappa shape index (κ3) is 4.09. The number of carbonyl (C=O) groups excluding carboxylic acids is 2. The molecule has 0 aromatic carbocycles. The van der Waals surface area contributed by atoms with Crippen LogP contribution in [0.25, 0.3) is 0 Å². The Morgan fingerprint density at radius 3 is 2.64 bits per heavy atom. The smallest absolute Gasteiger partial charge is 0.226 e. The lowest BCUT2D eigenvalue weighted by Crippen LogP contribution is -2.57. The van der Waals surface area contributed by atoms with Gasteiger partial charge in [-0.15, -0.1) is 0 Å². The molecule has 0 saturated heterocycles. The molecular formula is C24H38INO2. The first-order valence-corrected chi connectivity index (χ1v) is 12.3. The van der Waals surface area contributed by atoms with Crippen molar-refractivity contribution in [3.05, 3.63) is 11.6 Å². The van der Waals surface area contributed by atoms with E-state index in [0.29, 0.717) is 27.6 Å². The molecule has 0 aliphatic heterocycles. The van der Waals surface area contributed by atoms with Crippen LogP contribution < -0.4 is 5.32 Å². The van der Waals surface area contributed by atoms with Gasteiger partial charge in [-0.3, -0.25) is 4.79 Å². The van der Waals surface area contributed by atoms with Gasteiger partial charge in [0.25, 0.3) is 0 Å². The summed E-state index contributed by atoms with van der Waals surface area (Å²) < 4.78 is 0.374. The standard InChI is InChI=1S/C24H38INO2/c1-16(2)13-18(15-27)26-21(28)24(5)11-6-10-23(4)19-9-12-22(3,25)14-17(19)7-8-20(23)24/h9,15-18,20H,6-8,10-14H2,1-5H3,(H,26,28)/t17?,18-,20?,22-,23-,24+/m0/s1. The second-order valence-corrected chi connectivity index (χ2v) is 13.4. The van der Waals surface area contributed by atoms with Gasteiger partial charge in [-0.25, -0.2) is 0 Å². The monoisotopic (exact) mass is 499 g/mol. The molecule has 0 spiro atoms. The van der Waals surface area contributed by atoms with Gasteiger partial charge in [0.15, 0.2) is 0 Å². The van der Waals surface area contributed by atoms with Gasteiger partial charge in [0.2, 0.25) is 5.91 Å². The van der Waals surface area contributed by atoms with Crippen molar-refractivity contribution < 1.29 is 9.59 Å². The van der Waals surface area contributed by atoms with Crippen molar-refractivity contribution in [3.8, 4) is 0 Å². The number of nitrogens with one attached hydrogen (secondary N) is 1. The van der Waals surface area contributed by atoms with Gasteiger partial charge in [-0.2, -0.15) is 0 Å². The highest BCUT2D eigenvalue weighted by atomic mass is 127. The van der Waals surface area contributed by atoms with Gasteiger partial charge < -0.3 is 10.1 Å². The fraction of sp³-hybridized carbons (Fsp3) is 0.833. The summed E-state index contributed by atoms with van der Waals surface area (Å²) in [7, 11) is 0. The van der Waals surface area contributed by atoms with Crippen LogP contribution in [-0.4, -0.2) is 21.7 Å². The summed E-state index contributed by atoms with van der Waals surface area (Å²) in [5.74, 6) is 1.56. The molecule has 0 heterocycles. The van der Waals surface area contributed by atoms with Gasteiger partial charge in [0.05, 0.1) is 11.5 Å². The van der Waals surface area contributed by atoms with E-state index in [9.17, 15) is 9.59 Å². The summed E-state index contributed by atoms with van der Waals surface area (Å²) >= 11 is 2.63. The fourth-order valence-electron chi connectivity index (χ4n) is 6.64. The summed E-state index contributed by atoms with van der Waals surface area (Å²) in [6, 6.07) is -0.359. The topological polar surface area (TPSA) is 46.2 Å². The van der Waals surface area contributed by atoms with E-state index in [1.807, 2.05) is 0 Å². The number of allylic oxidation sites excluding steroid dienone is 2. The molecule has 2 fully saturated rings. The summed E-state index contributed by atoms with van der Waals surface area (Å²) in [5, 5.41) is 3.12. The molecule has 3 nitrogen and oxygen atoms in total. The predicted octanol–water partition coefficient (Wildman–Crippen LogP) is 5.85. The second kappa shape index (κ2) is 8.03. The van der Waals surface area contributed by atoms with E-state index in [0.717, 1.165) is 32.0 Å². The lowest BCUT2D eigenvalue weighted by Gasteiger charge is -2.58. The van der Waals surface area contributed by atoms with Gasteiger partial charge in [-0.1, -0.05) is 75.3 Å². The average Bonchev–Trinajstić information content (AvgIpc) is 2.59. The number of aldehydes is 1. The van der Waals surface area contributed by atoms with E-state index < -0.39 is 0 Å². The van der Waals surface area contributed by atoms with E-state index in [4.69, 9.17) is 0 Å². The first-order chi connectivity index (χ1) is 13.0. The van der Waals surface area contributed by atoms with Crippen molar-refractivity contribution in [2.75, 3.05) is 0 Å². The normalized spacial score (nSPS) is 41.5. The summed E-state index contributed by atoms with van der Waals surface area (Å²) in [5.41, 5.74) is 1.41. The highest BCUT2D eigenvalue weighted by molar-refractivity contribution is 14.1. The maximum Gasteiger partial charge on any atom is 0.226 e. The third-order valence-corrected chi connectivity index (χ3v) is 8.86. The SMILES string of the molecule is CC(C)C[C@@H](C=O)NC(=O)[C@]1(C)CCC[C@@]2(C)C3=CC[C@](C)(I)CC3CCC12. The largest absolute Gasteiger partial charge is 0.346 e. The van der Waals surface area contributed by atoms with Crippen molar-refractivity contribution in [3.63, 3.8) is 0 Å². The molecule has 2 saturated carbocycles. The fourth-order valence-corrected chi connectivity index (χ4v) is 7.39. The molecule has 4 heteroatoms. The van der Waals surface area contributed by atoms with Gasteiger partial charge >= 0.3 is 0 Å². The van der Waals surface area contributed by atoms with Crippen molar-refractivity contribution in [1.82, 2.24) is 5.32 Å².